The van der Waals surface area contributed by atoms with Crippen molar-refractivity contribution >= 4 is 17.5 Å². The molecule has 1 aliphatic rings. The van der Waals surface area contributed by atoms with Gasteiger partial charge in [-0.15, -0.1) is 0 Å². The Labute approximate surface area is 125 Å². The van der Waals surface area contributed by atoms with Crippen LogP contribution in [0.15, 0.2) is 42.5 Å². The van der Waals surface area contributed by atoms with Crippen LogP contribution >= 0.6 is 0 Å². The number of hydrogen-bond donors (Lipinski definition) is 1. The summed E-state index contributed by atoms with van der Waals surface area (Å²) in [5, 5.41) is 9.06. The van der Waals surface area contributed by atoms with Gasteiger partial charge in [-0.2, -0.15) is 0 Å². The number of aliphatic carboxylic acids is 1. The summed E-state index contributed by atoms with van der Waals surface area (Å²) in [5.41, 5.74) is 3.26. The van der Waals surface area contributed by atoms with Crippen LogP contribution in [0.25, 0.3) is 16.7 Å². The van der Waals surface area contributed by atoms with E-state index in [0.29, 0.717) is 22.3 Å². The zero-order chi connectivity index (χ0) is 15.9. The van der Waals surface area contributed by atoms with E-state index in [2.05, 4.69) is 4.74 Å². The fourth-order valence-corrected chi connectivity index (χ4v) is 2.65. The number of carbonyl (C=O) groups is 2. The Morgan fingerprint density at radius 1 is 1.05 bits per heavy atom. The van der Waals surface area contributed by atoms with E-state index in [1.54, 1.807) is 24.3 Å². The van der Waals surface area contributed by atoms with E-state index in [1.165, 1.54) is 19.2 Å². The van der Waals surface area contributed by atoms with Crippen LogP contribution in [0.2, 0.25) is 0 Å². The largest absolute Gasteiger partial charge is 0.478 e. The van der Waals surface area contributed by atoms with Gasteiger partial charge in [0.15, 0.2) is 0 Å². The molecule has 0 unspecified atom stereocenters. The summed E-state index contributed by atoms with van der Waals surface area (Å²) in [6, 6.07) is 9.09. The Bertz CT molecular complexity index is 837. The molecule has 0 heterocycles. The minimum atomic E-state index is -1.14. The monoisotopic (exact) mass is 298 g/mol. The van der Waals surface area contributed by atoms with Crippen LogP contribution in [-0.4, -0.2) is 24.2 Å². The van der Waals surface area contributed by atoms with Crippen molar-refractivity contribution in [2.45, 2.75) is 0 Å². The Morgan fingerprint density at radius 2 is 1.68 bits per heavy atom. The molecule has 0 saturated carbocycles. The average Bonchev–Trinajstić information content (AvgIpc) is 2.79. The molecule has 1 N–H and O–H groups in total. The molecule has 3 rings (SSSR count). The number of benzene rings is 2. The highest BCUT2D eigenvalue weighted by molar-refractivity contribution is 6.07. The smallest absolute Gasteiger partial charge is 0.337 e. The number of ether oxygens (including phenoxy) is 1. The van der Waals surface area contributed by atoms with Crippen molar-refractivity contribution in [1.82, 2.24) is 0 Å². The van der Waals surface area contributed by atoms with Crippen LogP contribution in [0.3, 0.4) is 0 Å². The molecular formula is C17H11FO4. The number of esters is 1. The van der Waals surface area contributed by atoms with Gasteiger partial charge in [0, 0.05) is 6.08 Å². The molecule has 110 valence electrons. The van der Waals surface area contributed by atoms with Gasteiger partial charge in [0.25, 0.3) is 0 Å². The maximum atomic E-state index is 13.5. The molecule has 0 bridgehead atoms. The lowest BCUT2D eigenvalue weighted by Crippen LogP contribution is -2.01. The summed E-state index contributed by atoms with van der Waals surface area (Å²) < 4.78 is 18.2. The molecule has 0 aromatic heterocycles. The second-order valence-corrected chi connectivity index (χ2v) is 4.84. The lowest BCUT2D eigenvalue weighted by Gasteiger charge is -2.04. The molecule has 22 heavy (non-hydrogen) atoms. The van der Waals surface area contributed by atoms with Crippen molar-refractivity contribution in [3.05, 3.63) is 65.0 Å². The van der Waals surface area contributed by atoms with Gasteiger partial charge in [-0.1, -0.05) is 12.1 Å². The number of fused-ring (bicyclic) bond motifs is 3. The number of rotatable bonds is 2. The lowest BCUT2D eigenvalue weighted by atomic mass is 10.0. The highest BCUT2D eigenvalue weighted by Crippen LogP contribution is 2.44. The van der Waals surface area contributed by atoms with Crippen molar-refractivity contribution < 1.29 is 23.8 Å². The summed E-state index contributed by atoms with van der Waals surface area (Å²) in [6.45, 7) is 0. The molecule has 0 spiro atoms. The van der Waals surface area contributed by atoms with E-state index in [9.17, 15) is 14.0 Å². The van der Waals surface area contributed by atoms with Gasteiger partial charge >= 0.3 is 11.9 Å². The molecule has 2 aromatic carbocycles. The molecule has 0 amide bonds. The zero-order valence-electron chi connectivity index (χ0n) is 11.6. The lowest BCUT2D eigenvalue weighted by molar-refractivity contribution is -0.131. The predicted octanol–water partition coefficient (Wildman–Crippen LogP) is 3.11. The van der Waals surface area contributed by atoms with E-state index in [4.69, 9.17) is 5.11 Å². The highest BCUT2D eigenvalue weighted by atomic mass is 19.1. The first-order chi connectivity index (χ1) is 10.5. The molecule has 0 aliphatic heterocycles. The van der Waals surface area contributed by atoms with Crippen LogP contribution in [0.1, 0.15) is 21.5 Å². The molecular weight excluding hydrogens is 287 g/mol. The first-order valence-corrected chi connectivity index (χ1v) is 6.49. The van der Waals surface area contributed by atoms with Crippen LogP contribution in [0, 0.1) is 5.82 Å². The van der Waals surface area contributed by atoms with E-state index in [1.807, 2.05) is 0 Å². The Hall–Kier alpha value is -2.95. The quantitative estimate of drug-likeness (QED) is 0.583. The Morgan fingerprint density at radius 3 is 2.32 bits per heavy atom. The van der Waals surface area contributed by atoms with Gasteiger partial charge < -0.3 is 9.84 Å². The zero-order valence-corrected chi connectivity index (χ0v) is 11.6. The first kappa shape index (κ1) is 14.0. The third-order valence-corrected chi connectivity index (χ3v) is 3.56. The van der Waals surface area contributed by atoms with E-state index < -0.39 is 17.8 Å². The Balaban J connectivity index is 2.27. The summed E-state index contributed by atoms with van der Waals surface area (Å²) >= 11 is 0. The van der Waals surface area contributed by atoms with Crippen LogP contribution < -0.4 is 0 Å². The molecule has 4 nitrogen and oxygen atoms in total. The van der Waals surface area contributed by atoms with Gasteiger partial charge in [-0.3, -0.25) is 0 Å². The fourth-order valence-electron chi connectivity index (χ4n) is 2.65. The van der Waals surface area contributed by atoms with Crippen LogP contribution in [0.5, 0.6) is 0 Å². The average molecular weight is 298 g/mol. The number of carboxylic acid groups (broad SMARTS) is 1. The topological polar surface area (TPSA) is 63.6 Å². The molecule has 0 saturated heterocycles. The highest BCUT2D eigenvalue weighted by Gasteiger charge is 2.25. The standard InChI is InChI=1S/C17H11FO4/c1-22-17(21)9-2-4-11-12-5-3-10(18)7-14(12)15(8-16(19)20)13(11)6-9/h2-8H,1H3,(H,19,20)/b15-8-. The second kappa shape index (κ2) is 5.11. The maximum absolute atomic E-state index is 13.5. The third-order valence-electron chi connectivity index (χ3n) is 3.56. The molecule has 0 radical (unpaired) electrons. The van der Waals surface area contributed by atoms with Gasteiger partial charge in [0.05, 0.1) is 12.7 Å². The number of halogens is 1. The minimum Gasteiger partial charge on any atom is -0.478 e. The number of carbonyl (C=O) groups excluding carboxylic acids is 1. The summed E-state index contributed by atoms with van der Waals surface area (Å²) in [5.74, 6) is -2.10. The van der Waals surface area contributed by atoms with E-state index in [0.717, 1.165) is 17.2 Å². The molecule has 5 heteroatoms. The third kappa shape index (κ3) is 2.16. The summed E-state index contributed by atoms with van der Waals surface area (Å²) in [4.78, 5) is 22.7. The summed E-state index contributed by atoms with van der Waals surface area (Å²) in [6.07, 6.45) is 1.02. The van der Waals surface area contributed by atoms with Crippen molar-refractivity contribution in [3.8, 4) is 11.1 Å². The minimum absolute atomic E-state index is 0.311. The first-order valence-electron chi connectivity index (χ1n) is 6.49. The molecule has 1 aliphatic carbocycles. The van der Waals surface area contributed by atoms with E-state index in [-0.39, 0.29) is 0 Å². The van der Waals surface area contributed by atoms with Crippen molar-refractivity contribution in [2.24, 2.45) is 0 Å². The molecule has 0 atom stereocenters. The Kier molecular flexibility index (Phi) is 3.25. The van der Waals surface area contributed by atoms with Crippen molar-refractivity contribution in [2.75, 3.05) is 7.11 Å². The van der Waals surface area contributed by atoms with Gasteiger partial charge in [-0.05, 0) is 52.1 Å². The normalized spacial score (nSPS) is 13.6. The number of hydrogen-bond acceptors (Lipinski definition) is 3. The van der Waals surface area contributed by atoms with Gasteiger partial charge in [0.1, 0.15) is 5.82 Å². The predicted molar refractivity (Wildman–Crippen MR) is 77.9 cm³/mol. The number of carboxylic acids is 1. The van der Waals surface area contributed by atoms with Crippen LogP contribution in [0.4, 0.5) is 4.39 Å². The summed E-state index contributed by atoms with van der Waals surface area (Å²) in [7, 11) is 1.27. The van der Waals surface area contributed by atoms with E-state index >= 15 is 0 Å². The van der Waals surface area contributed by atoms with Gasteiger partial charge in [-0.25, -0.2) is 14.0 Å². The van der Waals surface area contributed by atoms with Gasteiger partial charge in [0.2, 0.25) is 0 Å². The second-order valence-electron chi connectivity index (χ2n) is 4.84. The maximum Gasteiger partial charge on any atom is 0.337 e. The van der Waals surface area contributed by atoms with Crippen molar-refractivity contribution in [3.63, 3.8) is 0 Å². The van der Waals surface area contributed by atoms with Crippen LogP contribution in [-0.2, 0) is 9.53 Å². The molecule has 0 fully saturated rings. The van der Waals surface area contributed by atoms with Crippen molar-refractivity contribution in [1.29, 1.82) is 0 Å². The molecule has 2 aromatic rings. The number of methoxy groups -OCH3 is 1. The fraction of sp³-hybridized carbons (Fsp3) is 0.0588. The SMILES string of the molecule is COC(=O)c1ccc2c(c1)/C(=C/C(=O)O)c1cc(F)ccc1-2.